The van der Waals surface area contributed by atoms with E-state index < -0.39 is 0 Å². The molecule has 3 rings (SSSR count). The van der Waals surface area contributed by atoms with Gasteiger partial charge in [-0.1, -0.05) is 0 Å². The highest BCUT2D eigenvalue weighted by Crippen LogP contribution is 2.17. The molecule has 1 saturated heterocycles. The lowest BCUT2D eigenvalue weighted by Gasteiger charge is -2.35. The molecule has 0 bridgehead atoms. The maximum absolute atomic E-state index is 12.4. The number of carbonyl (C=O) groups is 1. The lowest BCUT2D eigenvalue weighted by molar-refractivity contribution is -0.0672. The summed E-state index contributed by atoms with van der Waals surface area (Å²) >= 11 is 0. The molecule has 1 amide bonds. The molecule has 0 aliphatic carbocycles. The zero-order valence-corrected chi connectivity index (χ0v) is 16.2. The molecule has 0 radical (unpaired) electrons. The van der Waals surface area contributed by atoms with Gasteiger partial charge in [-0.05, 0) is 64.1 Å². The second kappa shape index (κ2) is 8.06. The average Bonchev–Trinajstić information content (AvgIpc) is 2.93. The quantitative estimate of drug-likeness (QED) is 0.897. The van der Waals surface area contributed by atoms with Crippen molar-refractivity contribution in [1.29, 1.82) is 0 Å². The molecule has 2 aromatic rings. The van der Waals surface area contributed by atoms with Crippen LogP contribution in [0.2, 0.25) is 0 Å². The summed E-state index contributed by atoms with van der Waals surface area (Å²) in [6.07, 6.45) is 0.505. The first kappa shape index (κ1) is 18.7. The van der Waals surface area contributed by atoms with Gasteiger partial charge >= 0.3 is 0 Å². The fourth-order valence-electron chi connectivity index (χ4n) is 3.73. The number of carbonyl (C=O) groups excluding carboxylic acids is 1. The zero-order valence-electron chi connectivity index (χ0n) is 16.2. The number of hydrogen-bond donors (Lipinski definition) is 1. The van der Waals surface area contributed by atoms with Gasteiger partial charge in [-0.25, -0.2) is 0 Å². The Hall–Kier alpha value is -2.11. The Morgan fingerprint density at radius 1 is 1.04 bits per heavy atom. The Balaban J connectivity index is 1.54. The van der Waals surface area contributed by atoms with Gasteiger partial charge in [-0.2, -0.15) is 0 Å². The maximum Gasteiger partial charge on any atom is 0.251 e. The lowest BCUT2D eigenvalue weighted by atomic mass is 10.2. The Morgan fingerprint density at radius 3 is 2.19 bits per heavy atom. The predicted octanol–water partition coefficient (Wildman–Crippen LogP) is 2.93. The minimum Gasteiger partial charge on any atom is -0.373 e. The third kappa shape index (κ3) is 4.34. The SMILES string of the molecule is Cc1ccc(C)n1-c1ccc(C(=O)NCCN2CC(C)OC(C)C2)cc1. The number of nitrogens with zero attached hydrogens (tertiary/aromatic N) is 2. The zero-order chi connectivity index (χ0) is 18.7. The molecule has 2 heterocycles. The summed E-state index contributed by atoms with van der Waals surface area (Å²) in [5.74, 6) is -0.0214. The Bertz CT molecular complexity index is 722. The van der Waals surface area contributed by atoms with Crippen LogP contribution in [-0.2, 0) is 4.74 Å². The maximum atomic E-state index is 12.4. The number of rotatable bonds is 5. The normalized spacial score (nSPS) is 20.9. The van der Waals surface area contributed by atoms with Gasteiger partial charge < -0.3 is 14.6 Å². The number of ether oxygens (including phenoxy) is 1. The van der Waals surface area contributed by atoms with Crippen molar-refractivity contribution in [2.75, 3.05) is 26.2 Å². The summed E-state index contributed by atoms with van der Waals surface area (Å²) in [4.78, 5) is 14.7. The molecular weight excluding hydrogens is 326 g/mol. The molecule has 26 heavy (non-hydrogen) atoms. The van der Waals surface area contributed by atoms with E-state index in [1.54, 1.807) is 0 Å². The van der Waals surface area contributed by atoms with Crippen molar-refractivity contribution in [2.24, 2.45) is 0 Å². The second-order valence-corrected chi connectivity index (χ2v) is 7.27. The molecule has 1 aromatic heterocycles. The standard InChI is InChI=1S/C21H29N3O2/c1-15-5-6-16(2)24(15)20-9-7-19(8-10-20)21(25)22-11-12-23-13-17(3)26-18(4)14-23/h5-10,17-18H,11-14H2,1-4H3,(H,22,25). The first-order chi connectivity index (χ1) is 12.4. The molecule has 2 unspecified atom stereocenters. The number of aromatic nitrogens is 1. The molecule has 5 nitrogen and oxygen atoms in total. The van der Waals surface area contributed by atoms with Crippen LogP contribution in [0, 0.1) is 13.8 Å². The molecule has 1 aromatic carbocycles. The molecule has 1 aliphatic rings. The molecule has 140 valence electrons. The highest BCUT2D eigenvalue weighted by molar-refractivity contribution is 5.94. The lowest BCUT2D eigenvalue weighted by Crippen LogP contribution is -2.47. The summed E-state index contributed by atoms with van der Waals surface area (Å²) in [5, 5.41) is 3.02. The van der Waals surface area contributed by atoms with Crippen LogP contribution in [0.4, 0.5) is 0 Å². The first-order valence-electron chi connectivity index (χ1n) is 9.35. The Kier molecular flexibility index (Phi) is 5.79. The van der Waals surface area contributed by atoms with Crippen LogP contribution in [0.25, 0.3) is 5.69 Å². The first-order valence-corrected chi connectivity index (χ1v) is 9.35. The van der Waals surface area contributed by atoms with E-state index >= 15 is 0 Å². The smallest absolute Gasteiger partial charge is 0.251 e. The monoisotopic (exact) mass is 355 g/mol. The van der Waals surface area contributed by atoms with Crippen molar-refractivity contribution in [1.82, 2.24) is 14.8 Å². The second-order valence-electron chi connectivity index (χ2n) is 7.27. The van der Waals surface area contributed by atoms with Crippen molar-refractivity contribution in [3.05, 3.63) is 53.3 Å². The third-order valence-electron chi connectivity index (χ3n) is 4.87. The molecular formula is C21H29N3O2. The summed E-state index contributed by atoms with van der Waals surface area (Å²) in [6, 6.07) is 12.0. The van der Waals surface area contributed by atoms with Crippen LogP contribution in [-0.4, -0.2) is 53.8 Å². The van der Waals surface area contributed by atoms with Crippen LogP contribution in [0.3, 0.4) is 0 Å². The number of amides is 1. The van der Waals surface area contributed by atoms with E-state index in [2.05, 4.69) is 54.6 Å². The van der Waals surface area contributed by atoms with E-state index in [1.807, 2.05) is 24.3 Å². The topological polar surface area (TPSA) is 46.5 Å². The van der Waals surface area contributed by atoms with Crippen LogP contribution in [0.5, 0.6) is 0 Å². The van der Waals surface area contributed by atoms with E-state index in [0.717, 1.165) is 25.3 Å². The van der Waals surface area contributed by atoms with Gasteiger partial charge in [-0.3, -0.25) is 9.69 Å². The van der Waals surface area contributed by atoms with Crippen molar-refractivity contribution >= 4 is 5.91 Å². The molecule has 1 fully saturated rings. The van der Waals surface area contributed by atoms with E-state index in [4.69, 9.17) is 4.74 Å². The fraction of sp³-hybridized carbons (Fsp3) is 0.476. The van der Waals surface area contributed by atoms with Crippen molar-refractivity contribution in [3.8, 4) is 5.69 Å². The van der Waals surface area contributed by atoms with E-state index in [-0.39, 0.29) is 18.1 Å². The van der Waals surface area contributed by atoms with E-state index in [9.17, 15) is 4.79 Å². The van der Waals surface area contributed by atoms with Gasteiger partial charge in [0.2, 0.25) is 0 Å². The summed E-state index contributed by atoms with van der Waals surface area (Å²) < 4.78 is 7.92. The molecule has 1 aliphatic heterocycles. The van der Waals surface area contributed by atoms with Crippen LogP contribution >= 0.6 is 0 Å². The van der Waals surface area contributed by atoms with Crippen LogP contribution in [0.1, 0.15) is 35.6 Å². The van der Waals surface area contributed by atoms with Gasteiger partial charge in [0.1, 0.15) is 0 Å². The Morgan fingerprint density at radius 2 is 1.62 bits per heavy atom. The highest BCUT2D eigenvalue weighted by Gasteiger charge is 2.21. The molecule has 1 N–H and O–H groups in total. The van der Waals surface area contributed by atoms with Gasteiger partial charge in [0.25, 0.3) is 5.91 Å². The number of morpholine rings is 1. The Labute approximate surface area is 156 Å². The minimum absolute atomic E-state index is 0.0214. The number of nitrogens with one attached hydrogen (secondary N) is 1. The van der Waals surface area contributed by atoms with Crippen LogP contribution < -0.4 is 5.32 Å². The van der Waals surface area contributed by atoms with Crippen molar-refractivity contribution in [2.45, 2.75) is 39.9 Å². The van der Waals surface area contributed by atoms with Crippen LogP contribution in [0.15, 0.2) is 36.4 Å². The number of benzene rings is 1. The van der Waals surface area contributed by atoms with Gasteiger partial charge in [-0.15, -0.1) is 0 Å². The van der Waals surface area contributed by atoms with E-state index in [0.29, 0.717) is 12.1 Å². The number of hydrogen-bond acceptors (Lipinski definition) is 3. The largest absolute Gasteiger partial charge is 0.373 e. The fourth-order valence-corrected chi connectivity index (χ4v) is 3.73. The molecule has 0 spiro atoms. The van der Waals surface area contributed by atoms with Gasteiger partial charge in [0, 0.05) is 48.8 Å². The number of aryl methyl sites for hydroxylation is 2. The third-order valence-corrected chi connectivity index (χ3v) is 4.87. The average molecular weight is 355 g/mol. The predicted molar refractivity (Wildman–Crippen MR) is 104 cm³/mol. The summed E-state index contributed by atoms with van der Waals surface area (Å²) in [5.41, 5.74) is 4.15. The van der Waals surface area contributed by atoms with Crippen molar-refractivity contribution < 1.29 is 9.53 Å². The molecule has 5 heteroatoms. The van der Waals surface area contributed by atoms with E-state index in [1.165, 1.54) is 11.4 Å². The van der Waals surface area contributed by atoms with Gasteiger partial charge in [0.05, 0.1) is 12.2 Å². The summed E-state index contributed by atoms with van der Waals surface area (Å²) in [6.45, 7) is 11.7. The highest BCUT2D eigenvalue weighted by atomic mass is 16.5. The molecule has 0 saturated carbocycles. The van der Waals surface area contributed by atoms with Crippen molar-refractivity contribution in [3.63, 3.8) is 0 Å². The molecule has 2 atom stereocenters. The minimum atomic E-state index is -0.0214. The summed E-state index contributed by atoms with van der Waals surface area (Å²) in [7, 11) is 0. The van der Waals surface area contributed by atoms with Gasteiger partial charge in [0.15, 0.2) is 0 Å².